The number of ether oxygens (including phenoxy) is 1. The predicted molar refractivity (Wildman–Crippen MR) is 101 cm³/mol. The molecule has 2 aromatic rings. The number of amides is 1. The standard InChI is InChI=1S/C16H17IN2O4S/c1-19(11-16(20)18-13-5-3-4-12(17)10-13)24(21,22)15-8-6-14(23-2)7-9-15/h3-10H,11H2,1-2H3,(H,18,20). The summed E-state index contributed by atoms with van der Waals surface area (Å²) in [5.74, 6) is 0.157. The van der Waals surface area contributed by atoms with Crippen LogP contribution in [0.15, 0.2) is 53.4 Å². The zero-order chi connectivity index (χ0) is 17.7. The lowest BCUT2D eigenvalue weighted by Gasteiger charge is -2.17. The molecule has 0 aliphatic carbocycles. The van der Waals surface area contributed by atoms with Gasteiger partial charge in [-0.25, -0.2) is 8.42 Å². The van der Waals surface area contributed by atoms with E-state index in [1.165, 1.54) is 26.3 Å². The van der Waals surface area contributed by atoms with Crippen LogP contribution in [-0.4, -0.2) is 39.3 Å². The van der Waals surface area contributed by atoms with Gasteiger partial charge in [0.2, 0.25) is 15.9 Å². The van der Waals surface area contributed by atoms with Crippen molar-refractivity contribution in [1.29, 1.82) is 0 Å². The molecule has 0 radical (unpaired) electrons. The molecule has 0 unspecified atom stereocenters. The number of likely N-dealkylation sites (N-methyl/N-ethyl adjacent to an activating group) is 1. The first kappa shape index (κ1) is 18.7. The number of benzene rings is 2. The lowest BCUT2D eigenvalue weighted by Crippen LogP contribution is -2.34. The van der Waals surface area contributed by atoms with Crippen LogP contribution in [0.1, 0.15) is 0 Å². The highest BCUT2D eigenvalue weighted by atomic mass is 127. The van der Waals surface area contributed by atoms with Crippen LogP contribution in [0, 0.1) is 3.57 Å². The van der Waals surface area contributed by atoms with E-state index in [4.69, 9.17) is 4.74 Å². The number of halogens is 1. The minimum absolute atomic E-state index is 0.104. The summed E-state index contributed by atoms with van der Waals surface area (Å²) in [6.07, 6.45) is 0. The molecule has 0 bridgehead atoms. The van der Waals surface area contributed by atoms with E-state index in [0.29, 0.717) is 11.4 Å². The number of rotatable bonds is 6. The molecule has 0 saturated carbocycles. The fourth-order valence-electron chi connectivity index (χ4n) is 1.98. The van der Waals surface area contributed by atoms with Gasteiger partial charge in [-0.1, -0.05) is 6.07 Å². The van der Waals surface area contributed by atoms with Gasteiger partial charge in [-0.05, 0) is 65.1 Å². The SMILES string of the molecule is COc1ccc(S(=O)(=O)N(C)CC(=O)Nc2cccc(I)c2)cc1. The quantitative estimate of drug-likeness (QED) is 0.673. The molecule has 0 aliphatic heterocycles. The Morgan fingerprint density at radius 3 is 2.46 bits per heavy atom. The van der Waals surface area contributed by atoms with E-state index >= 15 is 0 Å². The molecule has 0 atom stereocenters. The first-order valence-electron chi connectivity index (χ1n) is 6.99. The summed E-state index contributed by atoms with van der Waals surface area (Å²) in [5, 5.41) is 2.69. The second-order valence-electron chi connectivity index (χ2n) is 5.00. The molecule has 0 aromatic heterocycles. The summed E-state index contributed by atoms with van der Waals surface area (Å²) in [5.41, 5.74) is 0.627. The molecule has 0 fully saturated rings. The summed E-state index contributed by atoms with van der Waals surface area (Å²) >= 11 is 2.14. The van der Waals surface area contributed by atoms with Crippen molar-refractivity contribution in [1.82, 2.24) is 4.31 Å². The molecule has 2 aromatic carbocycles. The van der Waals surface area contributed by atoms with Crippen molar-refractivity contribution in [3.8, 4) is 5.75 Å². The average Bonchev–Trinajstić information content (AvgIpc) is 2.54. The monoisotopic (exact) mass is 460 g/mol. The molecule has 128 valence electrons. The number of hydrogen-bond acceptors (Lipinski definition) is 4. The maximum atomic E-state index is 12.5. The molecule has 8 heteroatoms. The van der Waals surface area contributed by atoms with Crippen LogP contribution in [0.4, 0.5) is 5.69 Å². The smallest absolute Gasteiger partial charge is 0.243 e. The number of sulfonamides is 1. The van der Waals surface area contributed by atoms with E-state index < -0.39 is 15.9 Å². The van der Waals surface area contributed by atoms with Crippen molar-refractivity contribution in [2.45, 2.75) is 4.90 Å². The Labute approximate surface area is 155 Å². The van der Waals surface area contributed by atoms with Crippen LogP contribution < -0.4 is 10.1 Å². The number of nitrogens with zero attached hydrogens (tertiary/aromatic N) is 1. The first-order valence-corrected chi connectivity index (χ1v) is 9.50. The second kappa shape index (κ2) is 7.95. The van der Waals surface area contributed by atoms with Crippen molar-refractivity contribution in [3.05, 3.63) is 52.1 Å². The Morgan fingerprint density at radius 2 is 1.88 bits per heavy atom. The van der Waals surface area contributed by atoms with Crippen LogP contribution in [-0.2, 0) is 14.8 Å². The van der Waals surface area contributed by atoms with Crippen LogP contribution in [0.5, 0.6) is 5.75 Å². The molecule has 6 nitrogen and oxygen atoms in total. The van der Waals surface area contributed by atoms with Gasteiger partial charge in [0, 0.05) is 16.3 Å². The molecular formula is C16H17IN2O4S. The van der Waals surface area contributed by atoms with Gasteiger partial charge in [0.1, 0.15) is 5.75 Å². The molecule has 2 rings (SSSR count). The van der Waals surface area contributed by atoms with Crippen molar-refractivity contribution < 1.29 is 17.9 Å². The van der Waals surface area contributed by atoms with E-state index in [9.17, 15) is 13.2 Å². The highest BCUT2D eigenvalue weighted by Gasteiger charge is 2.23. The van der Waals surface area contributed by atoms with Crippen molar-refractivity contribution >= 4 is 44.2 Å². The summed E-state index contributed by atoms with van der Waals surface area (Å²) in [6.45, 7) is -0.278. The molecule has 0 spiro atoms. The Balaban J connectivity index is 2.06. The molecule has 0 heterocycles. The second-order valence-corrected chi connectivity index (χ2v) is 8.29. The molecule has 0 saturated heterocycles. The Kier molecular flexibility index (Phi) is 6.19. The highest BCUT2D eigenvalue weighted by molar-refractivity contribution is 14.1. The molecule has 0 aliphatic rings. The third-order valence-electron chi connectivity index (χ3n) is 3.24. The summed E-state index contributed by atoms with van der Waals surface area (Å²) < 4.78 is 32.0. The average molecular weight is 460 g/mol. The van der Waals surface area contributed by atoms with E-state index in [-0.39, 0.29) is 11.4 Å². The maximum Gasteiger partial charge on any atom is 0.243 e. The summed E-state index contributed by atoms with van der Waals surface area (Å²) in [4.78, 5) is 12.2. The van der Waals surface area contributed by atoms with Crippen LogP contribution in [0.3, 0.4) is 0 Å². The summed E-state index contributed by atoms with van der Waals surface area (Å²) in [6, 6.07) is 13.3. The van der Waals surface area contributed by atoms with Gasteiger partial charge in [0.05, 0.1) is 18.6 Å². The topological polar surface area (TPSA) is 75.7 Å². The van der Waals surface area contributed by atoms with Crippen molar-refractivity contribution in [3.63, 3.8) is 0 Å². The first-order chi connectivity index (χ1) is 11.3. The van der Waals surface area contributed by atoms with Gasteiger partial charge in [0.15, 0.2) is 0 Å². The van der Waals surface area contributed by atoms with Gasteiger partial charge in [-0.15, -0.1) is 0 Å². The zero-order valence-corrected chi connectivity index (χ0v) is 16.2. The normalized spacial score (nSPS) is 11.3. The van der Waals surface area contributed by atoms with E-state index in [1.807, 2.05) is 12.1 Å². The number of hydrogen-bond donors (Lipinski definition) is 1. The van der Waals surface area contributed by atoms with Gasteiger partial charge in [-0.2, -0.15) is 4.31 Å². The minimum Gasteiger partial charge on any atom is -0.497 e. The Morgan fingerprint density at radius 1 is 1.21 bits per heavy atom. The molecular weight excluding hydrogens is 443 g/mol. The molecule has 1 amide bonds. The molecule has 24 heavy (non-hydrogen) atoms. The van der Waals surface area contributed by atoms with E-state index in [2.05, 4.69) is 27.9 Å². The van der Waals surface area contributed by atoms with Gasteiger partial charge < -0.3 is 10.1 Å². The van der Waals surface area contributed by atoms with Crippen molar-refractivity contribution in [2.24, 2.45) is 0 Å². The largest absolute Gasteiger partial charge is 0.497 e. The fraction of sp³-hybridized carbons (Fsp3) is 0.188. The highest BCUT2D eigenvalue weighted by Crippen LogP contribution is 2.18. The number of anilines is 1. The van der Waals surface area contributed by atoms with E-state index in [0.717, 1.165) is 7.88 Å². The third kappa shape index (κ3) is 4.68. The fourth-order valence-corrected chi connectivity index (χ4v) is 3.65. The Bertz CT molecular complexity index is 822. The summed E-state index contributed by atoms with van der Waals surface area (Å²) in [7, 11) is -0.870. The van der Waals surface area contributed by atoms with Crippen LogP contribution in [0.25, 0.3) is 0 Å². The number of carbonyl (C=O) groups excluding carboxylic acids is 1. The van der Waals surface area contributed by atoms with Gasteiger partial charge >= 0.3 is 0 Å². The number of nitrogens with one attached hydrogen (secondary N) is 1. The van der Waals surface area contributed by atoms with Crippen LogP contribution >= 0.6 is 22.6 Å². The minimum atomic E-state index is -3.74. The maximum absolute atomic E-state index is 12.5. The third-order valence-corrected chi connectivity index (χ3v) is 5.73. The number of carbonyl (C=O) groups is 1. The predicted octanol–water partition coefficient (Wildman–Crippen LogP) is 2.56. The number of methoxy groups -OCH3 is 1. The van der Waals surface area contributed by atoms with Gasteiger partial charge in [-0.3, -0.25) is 4.79 Å². The lowest BCUT2D eigenvalue weighted by molar-refractivity contribution is -0.116. The van der Waals surface area contributed by atoms with Gasteiger partial charge in [0.25, 0.3) is 0 Å². The Hall–Kier alpha value is -1.65. The van der Waals surface area contributed by atoms with Crippen LogP contribution in [0.2, 0.25) is 0 Å². The lowest BCUT2D eigenvalue weighted by atomic mass is 10.3. The molecule has 1 N–H and O–H groups in total. The van der Waals surface area contributed by atoms with Crippen molar-refractivity contribution in [2.75, 3.05) is 26.0 Å². The zero-order valence-electron chi connectivity index (χ0n) is 13.2. The van der Waals surface area contributed by atoms with E-state index in [1.54, 1.807) is 24.3 Å².